The maximum absolute atomic E-state index is 11.0. The van der Waals surface area contributed by atoms with Gasteiger partial charge in [0.15, 0.2) is 0 Å². The van der Waals surface area contributed by atoms with Crippen LogP contribution in [0.1, 0.15) is 23.2 Å². The molecule has 1 fully saturated rings. The van der Waals surface area contributed by atoms with Crippen molar-refractivity contribution in [3.8, 4) is 0 Å². The van der Waals surface area contributed by atoms with Crippen LogP contribution in [-0.4, -0.2) is 45.3 Å². The van der Waals surface area contributed by atoms with E-state index in [1.165, 1.54) is 12.1 Å². The van der Waals surface area contributed by atoms with Crippen molar-refractivity contribution in [1.82, 2.24) is 9.97 Å². The lowest BCUT2D eigenvalue weighted by Gasteiger charge is -2.31. The largest absolute Gasteiger partial charge is 0.478 e. The summed E-state index contributed by atoms with van der Waals surface area (Å²) < 4.78 is 0. The highest BCUT2D eigenvalue weighted by Gasteiger charge is 2.19. The number of carboxylic acids is 1. The van der Waals surface area contributed by atoms with Crippen LogP contribution in [-0.2, 0) is 0 Å². The minimum atomic E-state index is -0.981. The van der Waals surface area contributed by atoms with Gasteiger partial charge in [-0.1, -0.05) is 6.07 Å². The minimum Gasteiger partial charge on any atom is -0.478 e. The molecule has 1 aromatic carbocycles. The number of piperidine rings is 1. The Labute approximate surface area is 133 Å². The van der Waals surface area contributed by atoms with Gasteiger partial charge in [-0.05, 0) is 37.1 Å². The van der Waals surface area contributed by atoms with Crippen molar-refractivity contribution in [3.05, 3.63) is 42.1 Å². The van der Waals surface area contributed by atoms with Gasteiger partial charge < -0.3 is 20.4 Å². The third-order valence-electron chi connectivity index (χ3n) is 3.73. The molecule has 1 aromatic heterocycles. The molecule has 3 N–H and O–H groups in total. The topological polar surface area (TPSA) is 98.6 Å². The third-order valence-corrected chi connectivity index (χ3v) is 3.73. The fourth-order valence-corrected chi connectivity index (χ4v) is 2.61. The number of aromatic nitrogens is 2. The van der Waals surface area contributed by atoms with Gasteiger partial charge in [0.2, 0.25) is 5.95 Å². The van der Waals surface area contributed by atoms with E-state index in [0.29, 0.717) is 18.2 Å². The molecule has 1 aliphatic rings. The summed E-state index contributed by atoms with van der Waals surface area (Å²) in [6.45, 7) is 1.41. The SMILES string of the molecule is O=C(O)c1cccc(Nc2nccc(N3CCCC(O)C3)n2)c1. The number of aromatic carboxylic acids is 1. The molecule has 1 saturated heterocycles. The molecule has 1 aliphatic heterocycles. The molecule has 3 rings (SSSR count). The highest BCUT2D eigenvalue weighted by molar-refractivity contribution is 5.89. The Kier molecular flexibility index (Phi) is 4.38. The number of aliphatic hydroxyl groups is 1. The van der Waals surface area contributed by atoms with E-state index in [2.05, 4.69) is 15.3 Å². The van der Waals surface area contributed by atoms with Gasteiger partial charge in [0.1, 0.15) is 5.82 Å². The molecule has 2 heterocycles. The molecule has 0 bridgehead atoms. The zero-order valence-electron chi connectivity index (χ0n) is 12.5. The number of rotatable bonds is 4. The molecular weight excluding hydrogens is 296 g/mol. The van der Waals surface area contributed by atoms with Crippen molar-refractivity contribution in [3.63, 3.8) is 0 Å². The molecule has 23 heavy (non-hydrogen) atoms. The second-order valence-electron chi connectivity index (χ2n) is 5.49. The monoisotopic (exact) mass is 314 g/mol. The summed E-state index contributed by atoms with van der Waals surface area (Å²) in [5, 5.41) is 21.8. The number of hydrogen-bond acceptors (Lipinski definition) is 6. The fourth-order valence-electron chi connectivity index (χ4n) is 2.61. The Balaban J connectivity index is 1.77. The number of carbonyl (C=O) groups is 1. The van der Waals surface area contributed by atoms with E-state index in [4.69, 9.17) is 5.11 Å². The predicted octanol–water partition coefficient (Wildman–Crippen LogP) is 1.88. The van der Waals surface area contributed by atoms with Crippen molar-refractivity contribution >= 4 is 23.4 Å². The summed E-state index contributed by atoms with van der Waals surface area (Å²) in [5.41, 5.74) is 0.811. The molecular formula is C16H18N4O3. The fraction of sp³-hybridized carbons (Fsp3) is 0.312. The minimum absolute atomic E-state index is 0.199. The Morgan fingerprint density at radius 2 is 2.22 bits per heavy atom. The second-order valence-corrected chi connectivity index (χ2v) is 5.49. The van der Waals surface area contributed by atoms with Crippen LogP contribution < -0.4 is 10.2 Å². The van der Waals surface area contributed by atoms with E-state index in [-0.39, 0.29) is 11.7 Å². The Morgan fingerprint density at radius 3 is 3.00 bits per heavy atom. The molecule has 7 heteroatoms. The molecule has 0 saturated carbocycles. The van der Waals surface area contributed by atoms with Gasteiger partial charge in [0.25, 0.3) is 0 Å². The van der Waals surface area contributed by atoms with Crippen LogP contribution in [0.25, 0.3) is 0 Å². The summed E-state index contributed by atoms with van der Waals surface area (Å²) in [6.07, 6.45) is 3.05. The summed E-state index contributed by atoms with van der Waals surface area (Å²) in [7, 11) is 0. The first-order valence-corrected chi connectivity index (χ1v) is 7.48. The van der Waals surface area contributed by atoms with E-state index >= 15 is 0 Å². The van der Waals surface area contributed by atoms with E-state index in [1.54, 1.807) is 24.4 Å². The first-order chi connectivity index (χ1) is 11.1. The van der Waals surface area contributed by atoms with Crippen molar-refractivity contribution in [1.29, 1.82) is 0 Å². The van der Waals surface area contributed by atoms with Gasteiger partial charge in [0.05, 0.1) is 11.7 Å². The molecule has 0 spiro atoms. The number of benzene rings is 1. The summed E-state index contributed by atoms with van der Waals surface area (Å²) in [5.74, 6) is 0.159. The Morgan fingerprint density at radius 1 is 1.35 bits per heavy atom. The lowest BCUT2D eigenvalue weighted by Crippen LogP contribution is -2.38. The standard InChI is InChI=1S/C16H18N4O3/c21-13-5-2-8-20(10-13)14-6-7-17-16(19-14)18-12-4-1-3-11(9-12)15(22)23/h1,3-4,6-7,9,13,21H,2,5,8,10H2,(H,22,23)(H,17,18,19). The normalized spacial score (nSPS) is 17.8. The zero-order chi connectivity index (χ0) is 16.2. The number of carboxylic acid groups (broad SMARTS) is 1. The quantitative estimate of drug-likeness (QED) is 0.792. The molecule has 0 aliphatic carbocycles. The first kappa shape index (κ1) is 15.2. The smallest absolute Gasteiger partial charge is 0.335 e. The number of hydrogen-bond donors (Lipinski definition) is 3. The van der Waals surface area contributed by atoms with Gasteiger partial charge >= 0.3 is 5.97 Å². The molecule has 1 unspecified atom stereocenters. The Hall–Kier alpha value is -2.67. The van der Waals surface area contributed by atoms with Crippen LogP contribution in [0.5, 0.6) is 0 Å². The Bertz CT molecular complexity index is 707. The van der Waals surface area contributed by atoms with Crippen LogP contribution in [0.2, 0.25) is 0 Å². The molecule has 7 nitrogen and oxygen atoms in total. The third kappa shape index (κ3) is 3.75. The second kappa shape index (κ2) is 6.62. The van der Waals surface area contributed by atoms with Crippen molar-refractivity contribution in [2.75, 3.05) is 23.3 Å². The number of nitrogens with one attached hydrogen (secondary N) is 1. The lowest BCUT2D eigenvalue weighted by molar-refractivity contribution is 0.0697. The van der Waals surface area contributed by atoms with Crippen molar-refractivity contribution in [2.24, 2.45) is 0 Å². The average Bonchev–Trinajstić information content (AvgIpc) is 2.55. The van der Waals surface area contributed by atoms with Crippen LogP contribution in [0, 0.1) is 0 Å². The van der Waals surface area contributed by atoms with Gasteiger partial charge in [-0.2, -0.15) is 4.98 Å². The van der Waals surface area contributed by atoms with E-state index in [1.807, 2.05) is 4.90 Å². The molecule has 0 amide bonds. The summed E-state index contributed by atoms with van der Waals surface area (Å²) >= 11 is 0. The number of β-amino-alcohol motifs (C(OH)–C–C–N with tert-alkyl or cyclic N) is 1. The van der Waals surface area contributed by atoms with Gasteiger partial charge in [0, 0.05) is 25.0 Å². The van der Waals surface area contributed by atoms with E-state index in [0.717, 1.165) is 25.2 Å². The number of aliphatic hydroxyl groups excluding tert-OH is 1. The highest BCUT2D eigenvalue weighted by Crippen LogP contribution is 2.20. The van der Waals surface area contributed by atoms with E-state index in [9.17, 15) is 9.90 Å². The van der Waals surface area contributed by atoms with Gasteiger partial charge in [-0.3, -0.25) is 0 Å². The van der Waals surface area contributed by atoms with Crippen LogP contribution in [0.3, 0.4) is 0 Å². The van der Waals surface area contributed by atoms with Crippen LogP contribution in [0.15, 0.2) is 36.5 Å². The summed E-state index contributed by atoms with van der Waals surface area (Å²) in [4.78, 5) is 21.6. The predicted molar refractivity (Wildman–Crippen MR) is 86.2 cm³/mol. The molecule has 120 valence electrons. The molecule has 2 aromatic rings. The molecule has 0 radical (unpaired) electrons. The highest BCUT2D eigenvalue weighted by atomic mass is 16.4. The van der Waals surface area contributed by atoms with Crippen molar-refractivity contribution < 1.29 is 15.0 Å². The van der Waals surface area contributed by atoms with Crippen molar-refractivity contribution in [2.45, 2.75) is 18.9 Å². The lowest BCUT2D eigenvalue weighted by atomic mass is 10.1. The zero-order valence-corrected chi connectivity index (χ0v) is 12.5. The van der Waals surface area contributed by atoms with Crippen LogP contribution >= 0.6 is 0 Å². The summed E-state index contributed by atoms with van der Waals surface area (Å²) in [6, 6.07) is 8.28. The number of anilines is 3. The first-order valence-electron chi connectivity index (χ1n) is 7.48. The molecule has 1 atom stereocenters. The maximum Gasteiger partial charge on any atom is 0.335 e. The average molecular weight is 314 g/mol. The van der Waals surface area contributed by atoms with Gasteiger partial charge in [-0.25, -0.2) is 9.78 Å². The van der Waals surface area contributed by atoms with Gasteiger partial charge in [-0.15, -0.1) is 0 Å². The number of nitrogens with zero attached hydrogens (tertiary/aromatic N) is 3. The van der Waals surface area contributed by atoms with Crippen LogP contribution in [0.4, 0.5) is 17.5 Å². The van der Waals surface area contributed by atoms with E-state index < -0.39 is 5.97 Å². The maximum atomic E-state index is 11.0.